The van der Waals surface area contributed by atoms with Crippen molar-refractivity contribution in [2.45, 2.75) is 31.9 Å². The minimum absolute atomic E-state index is 0.0282. The van der Waals surface area contributed by atoms with Gasteiger partial charge in [-0.2, -0.15) is 13.2 Å². The summed E-state index contributed by atoms with van der Waals surface area (Å²) in [6, 6.07) is 3.34. The molecule has 0 radical (unpaired) electrons. The van der Waals surface area contributed by atoms with Crippen LogP contribution in [0.3, 0.4) is 0 Å². The van der Waals surface area contributed by atoms with Crippen molar-refractivity contribution in [2.24, 2.45) is 11.8 Å². The first-order valence-corrected chi connectivity index (χ1v) is 6.73. The van der Waals surface area contributed by atoms with E-state index in [1.807, 2.05) is 0 Å². The molecule has 1 aromatic rings. The molecule has 0 saturated heterocycles. The van der Waals surface area contributed by atoms with E-state index in [1.165, 1.54) is 6.07 Å². The number of rotatable bonds is 2. The normalized spacial score (nSPS) is 23.6. The van der Waals surface area contributed by atoms with Crippen LogP contribution in [0.15, 0.2) is 18.2 Å². The molecule has 0 N–H and O–H groups in total. The van der Waals surface area contributed by atoms with Gasteiger partial charge in [0.2, 0.25) is 0 Å². The van der Waals surface area contributed by atoms with Crippen molar-refractivity contribution >= 4 is 17.4 Å². The van der Waals surface area contributed by atoms with Crippen LogP contribution in [-0.4, -0.2) is 12.0 Å². The van der Waals surface area contributed by atoms with Gasteiger partial charge in [-0.25, -0.2) is 4.39 Å². The molecular formula is C14H13ClF4O. The number of halogens is 5. The molecule has 2 unspecified atom stereocenters. The third kappa shape index (κ3) is 3.32. The first-order valence-electron chi connectivity index (χ1n) is 6.35. The van der Waals surface area contributed by atoms with Gasteiger partial charge in [0.1, 0.15) is 5.82 Å². The number of Topliss-reactive ketones (excluding diaryl/α,β-unsaturated/α-hetero) is 1. The second-order valence-corrected chi connectivity index (χ2v) is 5.50. The number of ketones is 1. The van der Waals surface area contributed by atoms with Crippen LogP contribution in [0.1, 0.15) is 36.0 Å². The highest BCUT2D eigenvalue weighted by atomic mass is 35.5. The molecule has 1 aliphatic carbocycles. The molecule has 110 valence electrons. The van der Waals surface area contributed by atoms with Crippen LogP contribution in [0.25, 0.3) is 0 Å². The number of alkyl halides is 3. The van der Waals surface area contributed by atoms with Crippen molar-refractivity contribution in [3.8, 4) is 0 Å². The quantitative estimate of drug-likeness (QED) is 0.553. The van der Waals surface area contributed by atoms with Gasteiger partial charge in [0.15, 0.2) is 5.78 Å². The smallest absolute Gasteiger partial charge is 0.294 e. The maximum Gasteiger partial charge on any atom is 0.391 e. The minimum Gasteiger partial charge on any atom is -0.294 e. The molecule has 2 atom stereocenters. The first-order chi connectivity index (χ1) is 9.29. The van der Waals surface area contributed by atoms with Crippen molar-refractivity contribution < 1.29 is 22.4 Å². The van der Waals surface area contributed by atoms with Crippen molar-refractivity contribution in [3.05, 3.63) is 34.6 Å². The zero-order valence-electron chi connectivity index (χ0n) is 10.5. The van der Waals surface area contributed by atoms with E-state index in [4.69, 9.17) is 11.6 Å². The van der Waals surface area contributed by atoms with Gasteiger partial charge < -0.3 is 0 Å². The average Bonchev–Trinajstić information content (AvgIpc) is 2.40. The molecule has 1 fully saturated rings. The van der Waals surface area contributed by atoms with Gasteiger partial charge in [-0.15, -0.1) is 0 Å². The van der Waals surface area contributed by atoms with Gasteiger partial charge in [-0.3, -0.25) is 4.79 Å². The number of carbonyl (C=O) groups excluding carboxylic acids is 1. The predicted octanol–water partition coefficient (Wildman–Crippen LogP) is 5.03. The number of hydrogen-bond donors (Lipinski definition) is 0. The van der Waals surface area contributed by atoms with Gasteiger partial charge in [0.05, 0.1) is 10.9 Å². The summed E-state index contributed by atoms with van der Waals surface area (Å²) in [5, 5.41) is 0.0746. The Morgan fingerprint density at radius 1 is 1.25 bits per heavy atom. The molecule has 1 aromatic carbocycles. The molecule has 0 aliphatic heterocycles. The highest BCUT2D eigenvalue weighted by molar-refractivity contribution is 6.34. The van der Waals surface area contributed by atoms with Crippen molar-refractivity contribution in [2.75, 3.05) is 0 Å². The van der Waals surface area contributed by atoms with E-state index >= 15 is 0 Å². The fraction of sp³-hybridized carbons (Fsp3) is 0.500. The van der Waals surface area contributed by atoms with E-state index < -0.39 is 29.6 Å². The topological polar surface area (TPSA) is 17.1 Å². The predicted molar refractivity (Wildman–Crippen MR) is 67.2 cm³/mol. The van der Waals surface area contributed by atoms with E-state index in [0.29, 0.717) is 12.8 Å². The van der Waals surface area contributed by atoms with Gasteiger partial charge in [-0.1, -0.05) is 18.0 Å². The zero-order chi connectivity index (χ0) is 14.9. The molecule has 0 heterocycles. The van der Waals surface area contributed by atoms with Crippen LogP contribution in [0, 0.1) is 17.7 Å². The summed E-state index contributed by atoms with van der Waals surface area (Å²) in [5.74, 6) is -3.32. The molecule has 2 rings (SSSR count). The van der Waals surface area contributed by atoms with Crippen LogP contribution in [-0.2, 0) is 0 Å². The summed E-state index contributed by atoms with van der Waals surface area (Å²) >= 11 is 5.83. The molecule has 6 heteroatoms. The SMILES string of the molecule is O=C(c1cc(F)ccc1Cl)C1CCCC(C(F)(F)F)C1. The summed E-state index contributed by atoms with van der Waals surface area (Å²) < 4.78 is 51.3. The Morgan fingerprint density at radius 3 is 2.60 bits per heavy atom. The summed E-state index contributed by atoms with van der Waals surface area (Å²) in [7, 11) is 0. The van der Waals surface area contributed by atoms with E-state index in [-0.39, 0.29) is 23.4 Å². The minimum atomic E-state index is -4.29. The largest absolute Gasteiger partial charge is 0.391 e. The standard InChI is InChI=1S/C14H13ClF4O/c15-12-5-4-10(16)7-11(12)13(20)8-2-1-3-9(6-8)14(17,18)19/h4-5,7-9H,1-3,6H2. The van der Waals surface area contributed by atoms with Crippen molar-refractivity contribution in [3.63, 3.8) is 0 Å². The number of hydrogen-bond acceptors (Lipinski definition) is 1. The number of carbonyl (C=O) groups is 1. The molecule has 1 saturated carbocycles. The lowest BCUT2D eigenvalue weighted by atomic mass is 9.77. The second kappa shape index (κ2) is 5.72. The summed E-state index contributed by atoms with van der Waals surface area (Å²) in [4.78, 5) is 12.2. The lowest BCUT2D eigenvalue weighted by Crippen LogP contribution is -2.32. The van der Waals surface area contributed by atoms with Crippen LogP contribution in [0.2, 0.25) is 5.02 Å². The van der Waals surface area contributed by atoms with Crippen LogP contribution in [0.4, 0.5) is 17.6 Å². The van der Waals surface area contributed by atoms with Crippen LogP contribution < -0.4 is 0 Å². The maximum absolute atomic E-state index is 13.1. The third-order valence-electron chi connectivity index (χ3n) is 3.70. The first kappa shape index (κ1) is 15.3. The second-order valence-electron chi connectivity index (χ2n) is 5.09. The molecule has 0 aromatic heterocycles. The maximum atomic E-state index is 13.1. The third-order valence-corrected chi connectivity index (χ3v) is 4.03. The fourth-order valence-electron chi connectivity index (χ4n) is 2.63. The van der Waals surface area contributed by atoms with Crippen molar-refractivity contribution in [1.82, 2.24) is 0 Å². The Labute approximate surface area is 118 Å². The average molecular weight is 309 g/mol. The zero-order valence-corrected chi connectivity index (χ0v) is 11.3. The van der Waals surface area contributed by atoms with Crippen LogP contribution >= 0.6 is 11.6 Å². The molecule has 0 spiro atoms. The van der Waals surface area contributed by atoms with Gasteiger partial charge >= 0.3 is 6.18 Å². The van der Waals surface area contributed by atoms with Crippen LogP contribution in [0.5, 0.6) is 0 Å². The highest BCUT2D eigenvalue weighted by Crippen LogP contribution is 2.41. The Bertz CT molecular complexity index is 512. The van der Waals surface area contributed by atoms with Gasteiger partial charge in [0, 0.05) is 11.5 Å². The van der Waals surface area contributed by atoms with Crippen molar-refractivity contribution in [1.29, 1.82) is 0 Å². The lowest BCUT2D eigenvalue weighted by molar-refractivity contribution is -0.184. The van der Waals surface area contributed by atoms with E-state index in [2.05, 4.69) is 0 Å². The van der Waals surface area contributed by atoms with Gasteiger partial charge in [0.25, 0.3) is 0 Å². The van der Waals surface area contributed by atoms with E-state index in [0.717, 1.165) is 12.1 Å². The van der Waals surface area contributed by atoms with E-state index in [9.17, 15) is 22.4 Å². The Kier molecular flexibility index (Phi) is 4.37. The fourth-order valence-corrected chi connectivity index (χ4v) is 2.84. The Hall–Kier alpha value is -1.10. The molecular weight excluding hydrogens is 296 g/mol. The Morgan fingerprint density at radius 2 is 1.95 bits per heavy atom. The summed E-state index contributed by atoms with van der Waals surface area (Å²) in [6.45, 7) is 0. The number of benzene rings is 1. The summed E-state index contributed by atoms with van der Waals surface area (Å²) in [5.41, 5.74) is -0.0282. The van der Waals surface area contributed by atoms with Gasteiger partial charge in [-0.05, 0) is 37.5 Å². The molecule has 0 bridgehead atoms. The van der Waals surface area contributed by atoms with E-state index in [1.54, 1.807) is 0 Å². The Balaban J connectivity index is 2.18. The molecule has 0 amide bonds. The molecule has 1 aliphatic rings. The molecule has 1 nitrogen and oxygen atoms in total. The molecule has 20 heavy (non-hydrogen) atoms. The monoisotopic (exact) mass is 308 g/mol. The lowest BCUT2D eigenvalue weighted by Gasteiger charge is -2.29. The summed E-state index contributed by atoms with van der Waals surface area (Å²) in [6.07, 6.45) is -3.75. The highest BCUT2D eigenvalue weighted by Gasteiger charge is 2.43.